The van der Waals surface area contributed by atoms with Crippen molar-refractivity contribution in [3.8, 4) is 0 Å². The van der Waals surface area contributed by atoms with E-state index in [1.54, 1.807) is 0 Å². The Bertz CT molecular complexity index is 716. The van der Waals surface area contributed by atoms with Gasteiger partial charge in [-0.25, -0.2) is 9.18 Å². The van der Waals surface area contributed by atoms with E-state index in [4.69, 9.17) is 10.5 Å². The van der Waals surface area contributed by atoms with Gasteiger partial charge in [-0.2, -0.15) is 4.98 Å². The van der Waals surface area contributed by atoms with Crippen molar-refractivity contribution >= 4 is 13.9 Å². The average molecular weight is 374 g/mol. The smallest absolute Gasteiger partial charge is 0.351 e. The fourth-order valence-electron chi connectivity index (χ4n) is 3.58. The topological polar surface area (TPSA) is 111 Å². The van der Waals surface area contributed by atoms with Crippen LogP contribution < -0.4 is 11.4 Å². The Morgan fingerprint density at radius 1 is 1.48 bits per heavy atom. The van der Waals surface area contributed by atoms with Gasteiger partial charge in [0.05, 0.1) is 14.7 Å². The second kappa shape index (κ2) is 5.87. The van der Waals surface area contributed by atoms with Crippen LogP contribution in [0.25, 0.3) is 0 Å². The fraction of sp³-hybridized carbons (Fsp3) is 0.750. The number of nitrogen functional groups attached to an aromatic ring is 1. The number of aromatic nitrogens is 2. The first-order chi connectivity index (χ1) is 11.2. The van der Waals surface area contributed by atoms with Crippen LogP contribution in [0.2, 0.25) is 18.1 Å². The van der Waals surface area contributed by atoms with Gasteiger partial charge < -0.3 is 20.7 Å². The van der Waals surface area contributed by atoms with Gasteiger partial charge >= 0.3 is 5.69 Å². The second-order valence-corrected chi connectivity index (χ2v) is 13.9. The first-order valence-electron chi connectivity index (χ1n) is 8.24. The van der Waals surface area contributed by atoms with Gasteiger partial charge in [-0.05, 0) is 18.0 Å². The van der Waals surface area contributed by atoms with E-state index in [0.717, 1.165) is 4.57 Å². The van der Waals surface area contributed by atoms with Crippen molar-refractivity contribution in [1.82, 2.24) is 9.55 Å². The molecule has 0 spiro atoms. The predicted octanol–water partition coefficient (Wildman–Crippen LogP) is 1.22. The molecule has 1 saturated heterocycles. The third-order valence-corrected chi connectivity index (χ3v) is 12.5. The monoisotopic (exact) mass is 373 g/mol. The van der Waals surface area contributed by atoms with Gasteiger partial charge in [0.25, 0.3) is 0 Å². The number of hydrogen-bond acceptors (Lipinski definition) is 6. The number of anilines is 1. The molecule has 2 rings (SSSR count). The highest BCUT2D eigenvalue weighted by Gasteiger charge is 2.73. The second-order valence-electron chi connectivity index (χ2n) is 8.42. The van der Waals surface area contributed by atoms with Gasteiger partial charge in [0.15, 0.2) is 11.9 Å². The zero-order valence-corrected chi connectivity index (χ0v) is 16.6. The molecule has 0 amide bonds. The number of aliphatic hydroxyl groups is 2. The van der Waals surface area contributed by atoms with E-state index < -0.39 is 43.6 Å². The highest BCUT2D eigenvalue weighted by atomic mass is 28.3. The molecule has 25 heavy (non-hydrogen) atoms. The summed E-state index contributed by atoms with van der Waals surface area (Å²) in [6, 6.07) is 1.36. The van der Waals surface area contributed by atoms with Gasteiger partial charge in [-0.15, -0.1) is 0 Å². The maximum atomic E-state index is 16.1. The normalized spacial score (nSPS) is 33.6. The minimum absolute atomic E-state index is 0.0122. The first-order valence-corrected chi connectivity index (χ1v) is 11.2. The van der Waals surface area contributed by atoms with Crippen LogP contribution in [0.3, 0.4) is 0 Å². The number of rotatable bonds is 3. The summed E-state index contributed by atoms with van der Waals surface area (Å²) in [7, 11) is -2.78. The number of nitrogens with zero attached hydrogens (tertiary/aromatic N) is 2. The van der Waals surface area contributed by atoms with Crippen LogP contribution in [-0.4, -0.2) is 51.4 Å². The summed E-state index contributed by atoms with van der Waals surface area (Å²) in [5.41, 5.74) is 2.40. The average Bonchev–Trinajstić information content (AvgIpc) is 2.67. The zero-order valence-electron chi connectivity index (χ0n) is 15.6. The quantitative estimate of drug-likeness (QED) is 0.687. The Kier molecular flexibility index (Phi) is 4.70. The number of nitrogens with two attached hydrogens (primary N) is 1. The Balaban J connectivity index is 2.66. The maximum Gasteiger partial charge on any atom is 0.351 e. The molecule has 1 fully saturated rings. The Morgan fingerprint density at radius 3 is 2.48 bits per heavy atom. The van der Waals surface area contributed by atoms with Crippen LogP contribution >= 0.6 is 0 Å². The minimum Gasteiger partial charge on any atom is -0.394 e. The summed E-state index contributed by atoms with van der Waals surface area (Å²) in [4.78, 5) is 15.8. The van der Waals surface area contributed by atoms with E-state index >= 15 is 4.39 Å². The summed E-state index contributed by atoms with van der Waals surface area (Å²) in [5.74, 6) is 0.0122. The van der Waals surface area contributed by atoms with Crippen LogP contribution in [0, 0.1) is 0 Å². The summed E-state index contributed by atoms with van der Waals surface area (Å²) < 4.78 is 22.7. The number of alkyl halides is 1. The lowest BCUT2D eigenvalue weighted by molar-refractivity contribution is -0.0615. The third kappa shape index (κ3) is 2.64. The van der Waals surface area contributed by atoms with Crippen molar-refractivity contribution in [2.75, 3.05) is 12.3 Å². The molecule has 7 nitrogen and oxygen atoms in total. The molecule has 4 N–H and O–H groups in total. The van der Waals surface area contributed by atoms with Crippen molar-refractivity contribution in [2.45, 2.75) is 69.1 Å². The maximum absolute atomic E-state index is 16.1. The molecule has 0 aromatic carbocycles. The van der Waals surface area contributed by atoms with E-state index in [9.17, 15) is 15.0 Å². The zero-order chi connectivity index (χ0) is 19.4. The van der Waals surface area contributed by atoms with Gasteiger partial charge in [-0.3, -0.25) is 4.57 Å². The molecule has 2 heterocycles. The van der Waals surface area contributed by atoms with Gasteiger partial charge in [0, 0.05) is 6.20 Å². The van der Waals surface area contributed by atoms with Crippen molar-refractivity contribution < 1.29 is 19.3 Å². The van der Waals surface area contributed by atoms with Crippen molar-refractivity contribution in [3.05, 3.63) is 22.7 Å². The molecule has 1 unspecified atom stereocenters. The molecule has 1 aliphatic heterocycles. The van der Waals surface area contributed by atoms with Gasteiger partial charge in [-0.1, -0.05) is 33.9 Å². The lowest BCUT2D eigenvalue weighted by Gasteiger charge is -2.52. The largest absolute Gasteiger partial charge is 0.394 e. The van der Waals surface area contributed by atoms with Crippen molar-refractivity contribution in [1.29, 1.82) is 0 Å². The van der Waals surface area contributed by atoms with Crippen LogP contribution in [0.1, 0.15) is 33.9 Å². The molecule has 1 aliphatic rings. The van der Waals surface area contributed by atoms with Crippen LogP contribution in [0.4, 0.5) is 10.2 Å². The molecule has 0 radical (unpaired) electrons. The number of hydrogen-bond donors (Lipinski definition) is 3. The molecule has 0 aliphatic carbocycles. The number of aliphatic hydroxyl groups excluding tert-OH is 1. The Morgan fingerprint density at radius 2 is 2.04 bits per heavy atom. The standard InChI is InChI=1S/C16H28FN3O4Si/c1-14(2,3)25(5,6)16(23)10(9-21)24-12(15(16,4)17)20-8-7-11(18)19-13(20)22/h7-8,10,12,21,23H,9H2,1-6H3,(H2,18,19,22)/t10-,12-,15?,16+/m1/s1. The molecule has 142 valence electrons. The van der Waals surface area contributed by atoms with Gasteiger partial charge in [0.1, 0.15) is 17.1 Å². The van der Waals surface area contributed by atoms with E-state index in [1.807, 2.05) is 33.9 Å². The number of ether oxygens (including phenoxy) is 1. The lowest BCUT2D eigenvalue weighted by atomic mass is 9.97. The van der Waals surface area contributed by atoms with Crippen LogP contribution in [0.15, 0.2) is 17.1 Å². The summed E-state index contributed by atoms with van der Waals surface area (Å²) in [6.45, 7) is 10.2. The molecular weight excluding hydrogens is 345 g/mol. The minimum atomic E-state index is -2.78. The van der Waals surface area contributed by atoms with E-state index in [0.29, 0.717) is 0 Å². The predicted molar refractivity (Wildman–Crippen MR) is 95.6 cm³/mol. The number of halogens is 1. The summed E-state index contributed by atoms with van der Waals surface area (Å²) >= 11 is 0. The molecule has 9 heteroatoms. The van der Waals surface area contributed by atoms with Crippen LogP contribution in [-0.2, 0) is 4.74 Å². The third-order valence-electron chi connectivity index (χ3n) is 6.07. The van der Waals surface area contributed by atoms with E-state index in [1.165, 1.54) is 19.2 Å². The first kappa shape index (κ1) is 20.0. The SMILES string of the molecule is CC1(F)[C@H](n2ccc(N)nc2=O)O[C@H](CO)[C@]1(O)[Si](C)(C)C(C)(C)C. The fourth-order valence-corrected chi connectivity index (χ4v) is 7.03. The molecule has 0 saturated carbocycles. The van der Waals surface area contributed by atoms with E-state index in [-0.39, 0.29) is 10.9 Å². The summed E-state index contributed by atoms with van der Waals surface area (Å²) in [6.07, 6.45) is -1.28. The molecule has 0 bridgehead atoms. The van der Waals surface area contributed by atoms with Crippen LogP contribution in [0.5, 0.6) is 0 Å². The van der Waals surface area contributed by atoms with Gasteiger partial charge in [0.2, 0.25) is 0 Å². The molecular formula is C16H28FN3O4Si. The lowest BCUT2D eigenvalue weighted by Crippen LogP contribution is -2.72. The molecule has 4 atom stereocenters. The Hall–Kier alpha value is -1.29. The van der Waals surface area contributed by atoms with E-state index in [2.05, 4.69) is 4.98 Å². The van der Waals surface area contributed by atoms with Crippen molar-refractivity contribution in [3.63, 3.8) is 0 Å². The molecule has 1 aromatic rings. The highest BCUT2D eigenvalue weighted by Crippen LogP contribution is 2.57. The molecule has 1 aromatic heterocycles. The summed E-state index contributed by atoms with van der Waals surface area (Å²) in [5, 5.41) is 19.0. The highest BCUT2D eigenvalue weighted by molar-refractivity contribution is 6.83. The van der Waals surface area contributed by atoms with Crippen molar-refractivity contribution in [2.24, 2.45) is 0 Å². The Labute approximate surface area is 147 Å².